The van der Waals surface area contributed by atoms with E-state index in [-0.39, 0.29) is 5.56 Å². The predicted octanol–water partition coefficient (Wildman–Crippen LogP) is 1.70. The van der Waals surface area contributed by atoms with Crippen LogP contribution < -0.4 is 10.9 Å². The highest BCUT2D eigenvalue weighted by molar-refractivity contribution is 4.93. The minimum Gasteiger partial charge on any atom is -0.314 e. The van der Waals surface area contributed by atoms with Crippen molar-refractivity contribution in [2.45, 2.75) is 51.7 Å². The third-order valence-electron chi connectivity index (χ3n) is 4.25. The Morgan fingerprint density at radius 2 is 2.15 bits per heavy atom. The molecule has 20 heavy (non-hydrogen) atoms. The fourth-order valence-corrected chi connectivity index (χ4v) is 3.03. The number of aromatic nitrogens is 1. The van der Waals surface area contributed by atoms with Crippen LogP contribution in [0, 0.1) is 0 Å². The fraction of sp³-hybridized carbons (Fsp3) is 0.688. The lowest BCUT2D eigenvalue weighted by molar-refractivity contribution is 0.118. The molecule has 4 nitrogen and oxygen atoms in total. The molecule has 0 bridgehead atoms. The molecule has 2 heterocycles. The summed E-state index contributed by atoms with van der Waals surface area (Å²) in [6.07, 6.45) is 5.50. The van der Waals surface area contributed by atoms with E-state index in [2.05, 4.69) is 24.1 Å². The van der Waals surface area contributed by atoms with E-state index in [9.17, 15) is 4.79 Å². The minimum absolute atomic E-state index is 0.0980. The minimum atomic E-state index is 0.0980. The second-order valence-corrected chi connectivity index (χ2v) is 5.68. The Bertz CT molecular complexity index is 457. The number of piperazine rings is 1. The van der Waals surface area contributed by atoms with Crippen LogP contribution >= 0.6 is 0 Å². The van der Waals surface area contributed by atoms with Gasteiger partial charge in [-0.1, -0.05) is 26.3 Å². The molecule has 0 amide bonds. The first-order chi connectivity index (χ1) is 9.74. The van der Waals surface area contributed by atoms with Crippen LogP contribution in [-0.2, 0) is 6.54 Å². The van der Waals surface area contributed by atoms with Crippen LogP contribution in [0.15, 0.2) is 29.2 Å². The fourth-order valence-electron chi connectivity index (χ4n) is 3.03. The molecule has 1 N–H and O–H groups in total. The molecule has 1 aliphatic rings. The van der Waals surface area contributed by atoms with E-state index >= 15 is 0 Å². The SMILES string of the molecule is CCCC1CN(CCn2ccccc2=O)C(CC)CN1. The Kier molecular flexibility index (Phi) is 5.80. The van der Waals surface area contributed by atoms with Crippen molar-refractivity contribution in [3.05, 3.63) is 34.7 Å². The van der Waals surface area contributed by atoms with Crippen molar-refractivity contribution in [2.75, 3.05) is 19.6 Å². The zero-order valence-electron chi connectivity index (χ0n) is 12.7. The summed E-state index contributed by atoms with van der Waals surface area (Å²) in [5, 5.41) is 3.65. The average molecular weight is 277 g/mol. The number of hydrogen-bond acceptors (Lipinski definition) is 3. The molecule has 4 heteroatoms. The number of pyridine rings is 1. The lowest BCUT2D eigenvalue weighted by Crippen LogP contribution is -2.56. The van der Waals surface area contributed by atoms with Crippen LogP contribution in [0.25, 0.3) is 0 Å². The highest BCUT2D eigenvalue weighted by Gasteiger charge is 2.25. The first-order valence-electron chi connectivity index (χ1n) is 7.87. The molecular formula is C16H27N3O. The van der Waals surface area contributed by atoms with Crippen molar-refractivity contribution in [1.29, 1.82) is 0 Å². The smallest absolute Gasteiger partial charge is 0.250 e. The van der Waals surface area contributed by atoms with Gasteiger partial charge in [-0.15, -0.1) is 0 Å². The third-order valence-corrected chi connectivity index (χ3v) is 4.25. The predicted molar refractivity (Wildman–Crippen MR) is 83.1 cm³/mol. The van der Waals surface area contributed by atoms with E-state index in [1.54, 1.807) is 12.1 Å². The van der Waals surface area contributed by atoms with Crippen LogP contribution in [0.4, 0.5) is 0 Å². The normalized spacial score (nSPS) is 23.9. The van der Waals surface area contributed by atoms with Crippen molar-refractivity contribution >= 4 is 0 Å². The highest BCUT2D eigenvalue weighted by atomic mass is 16.1. The Hall–Kier alpha value is -1.13. The van der Waals surface area contributed by atoms with Gasteiger partial charge in [0, 0.05) is 50.5 Å². The zero-order chi connectivity index (χ0) is 14.4. The Labute approximate surface area is 121 Å². The molecule has 0 radical (unpaired) electrons. The van der Waals surface area contributed by atoms with Gasteiger partial charge in [-0.25, -0.2) is 0 Å². The van der Waals surface area contributed by atoms with Gasteiger partial charge in [-0.2, -0.15) is 0 Å². The maximum atomic E-state index is 11.7. The van der Waals surface area contributed by atoms with E-state index < -0.39 is 0 Å². The van der Waals surface area contributed by atoms with Gasteiger partial charge >= 0.3 is 0 Å². The second kappa shape index (κ2) is 7.60. The summed E-state index contributed by atoms with van der Waals surface area (Å²) in [4.78, 5) is 14.3. The molecule has 1 fully saturated rings. The van der Waals surface area contributed by atoms with Gasteiger partial charge in [0.1, 0.15) is 0 Å². The molecule has 112 valence electrons. The summed E-state index contributed by atoms with van der Waals surface area (Å²) in [7, 11) is 0. The van der Waals surface area contributed by atoms with Gasteiger partial charge in [0.05, 0.1) is 0 Å². The van der Waals surface area contributed by atoms with Gasteiger partial charge in [0.25, 0.3) is 5.56 Å². The third kappa shape index (κ3) is 3.93. The summed E-state index contributed by atoms with van der Waals surface area (Å²) < 4.78 is 1.81. The molecule has 0 saturated carbocycles. The molecule has 2 rings (SSSR count). The Morgan fingerprint density at radius 1 is 1.30 bits per heavy atom. The Balaban J connectivity index is 1.94. The summed E-state index contributed by atoms with van der Waals surface area (Å²) >= 11 is 0. The van der Waals surface area contributed by atoms with Crippen molar-refractivity contribution in [1.82, 2.24) is 14.8 Å². The van der Waals surface area contributed by atoms with E-state index in [1.807, 2.05) is 16.8 Å². The number of nitrogens with one attached hydrogen (secondary N) is 1. The first-order valence-corrected chi connectivity index (χ1v) is 7.87. The van der Waals surface area contributed by atoms with E-state index in [0.717, 1.165) is 32.6 Å². The molecule has 2 unspecified atom stereocenters. The van der Waals surface area contributed by atoms with E-state index in [1.165, 1.54) is 12.8 Å². The number of rotatable bonds is 6. The molecule has 1 saturated heterocycles. The maximum Gasteiger partial charge on any atom is 0.250 e. The van der Waals surface area contributed by atoms with Crippen LogP contribution in [0.3, 0.4) is 0 Å². The van der Waals surface area contributed by atoms with Crippen LogP contribution in [0.1, 0.15) is 33.1 Å². The Morgan fingerprint density at radius 3 is 2.85 bits per heavy atom. The van der Waals surface area contributed by atoms with Gasteiger partial charge in [0.2, 0.25) is 0 Å². The van der Waals surface area contributed by atoms with Crippen LogP contribution in [-0.4, -0.2) is 41.2 Å². The summed E-state index contributed by atoms with van der Waals surface area (Å²) in [6, 6.07) is 6.57. The molecule has 0 spiro atoms. The van der Waals surface area contributed by atoms with Gasteiger partial charge in [-0.3, -0.25) is 9.69 Å². The van der Waals surface area contributed by atoms with Crippen molar-refractivity contribution in [2.24, 2.45) is 0 Å². The second-order valence-electron chi connectivity index (χ2n) is 5.68. The largest absolute Gasteiger partial charge is 0.314 e. The van der Waals surface area contributed by atoms with Gasteiger partial charge in [0.15, 0.2) is 0 Å². The highest BCUT2D eigenvalue weighted by Crippen LogP contribution is 2.13. The molecular weight excluding hydrogens is 250 g/mol. The van der Waals surface area contributed by atoms with Gasteiger partial charge < -0.3 is 9.88 Å². The van der Waals surface area contributed by atoms with Crippen molar-refractivity contribution < 1.29 is 0 Å². The molecule has 1 aromatic heterocycles. The zero-order valence-corrected chi connectivity index (χ0v) is 12.7. The van der Waals surface area contributed by atoms with Crippen molar-refractivity contribution in [3.63, 3.8) is 0 Å². The quantitative estimate of drug-likeness (QED) is 0.860. The van der Waals surface area contributed by atoms with E-state index in [0.29, 0.717) is 12.1 Å². The van der Waals surface area contributed by atoms with Crippen molar-refractivity contribution in [3.8, 4) is 0 Å². The summed E-state index contributed by atoms with van der Waals surface area (Å²) in [5.41, 5.74) is 0.0980. The molecule has 0 aromatic carbocycles. The lowest BCUT2D eigenvalue weighted by atomic mass is 10.0. The summed E-state index contributed by atoms with van der Waals surface area (Å²) in [5.74, 6) is 0. The molecule has 1 aliphatic heterocycles. The monoisotopic (exact) mass is 277 g/mol. The number of nitrogens with zero attached hydrogens (tertiary/aromatic N) is 2. The molecule has 1 aromatic rings. The molecule has 0 aliphatic carbocycles. The molecule has 2 atom stereocenters. The average Bonchev–Trinajstić information content (AvgIpc) is 2.47. The maximum absolute atomic E-state index is 11.7. The van der Waals surface area contributed by atoms with Crippen LogP contribution in [0.5, 0.6) is 0 Å². The standard InChI is InChI=1S/C16H27N3O/c1-3-7-14-13-19(15(4-2)12-17-14)11-10-18-9-6-5-8-16(18)20/h5-6,8-9,14-15,17H,3-4,7,10-13H2,1-2H3. The van der Waals surface area contributed by atoms with Gasteiger partial charge in [-0.05, 0) is 18.9 Å². The van der Waals surface area contributed by atoms with E-state index in [4.69, 9.17) is 0 Å². The lowest BCUT2D eigenvalue weighted by Gasteiger charge is -2.40. The summed E-state index contributed by atoms with van der Waals surface area (Å²) in [6.45, 7) is 8.41. The topological polar surface area (TPSA) is 37.3 Å². The van der Waals surface area contributed by atoms with Crippen LogP contribution in [0.2, 0.25) is 0 Å². The number of hydrogen-bond donors (Lipinski definition) is 1. The first kappa shape index (κ1) is 15.3.